The molecule has 4 aromatic rings. The van der Waals surface area contributed by atoms with Crippen molar-refractivity contribution in [2.75, 3.05) is 6.54 Å². The van der Waals surface area contributed by atoms with Gasteiger partial charge >= 0.3 is 0 Å². The first-order chi connectivity index (χ1) is 19.6. The first kappa shape index (κ1) is 24.5. The molecule has 3 aliphatic rings. The molecule has 196 valence electrons. The first-order valence-electron chi connectivity index (χ1n) is 14.3. The zero-order valence-corrected chi connectivity index (χ0v) is 23.5. The summed E-state index contributed by atoms with van der Waals surface area (Å²) in [7, 11) is 0. The Hall–Kier alpha value is -4.50. The molecule has 3 heteroatoms. The molecule has 7 rings (SSSR count). The van der Waals surface area contributed by atoms with Gasteiger partial charge in [0.05, 0.1) is 11.3 Å². The summed E-state index contributed by atoms with van der Waals surface area (Å²) in [6.45, 7) is 7.43. The molecule has 0 saturated heterocycles. The summed E-state index contributed by atoms with van der Waals surface area (Å²) in [6.07, 6.45) is 3.00. The predicted molar refractivity (Wildman–Crippen MR) is 166 cm³/mol. The minimum atomic E-state index is 0.946. The molecule has 2 aliphatic heterocycles. The molecule has 0 unspecified atom stereocenters. The van der Waals surface area contributed by atoms with Crippen LogP contribution in [0.25, 0.3) is 16.7 Å². The highest BCUT2D eigenvalue weighted by Crippen LogP contribution is 2.47. The van der Waals surface area contributed by atoms with Crippen molar-refractivity contribution in [3.63, 3.8) is 0 Å². The summed E-state index contributed by atoms with van der Waals surface area (Å²) in [6, 6.07) is 35.6. The number of benzene rings is 4. The normalized spacial score (nSPS) is 15.9. The minimum Gasteiger partial charge on any atom is -0.276 e. The van der Waals surface area contributed by atoms with E-state index < -0.39 is 0 Å². The van der Waals surface area contributed by atoms with Gasteiger partial charge in [-0.15, -0.1) is 0 Å². The zero-order chi connectivity index (χ0) is 27.2. The van der Waals surface area contributed by atoms with Gasteiger partial charge in [0.15, 0.2) is 12.3 Å². The number of hydrogen-bond donors (Lipinski definition) is 1. The first-order valence-corrected chi connectivity index (χ1v) is 14.3. The van der Waals surface area contributed by atoms with Crippen LogP contribution in [0.1, 0.15) is 53.6 Å². The highest BCUT2D eigenvalue weighted by atomic mass is 15.3. The van der Waals surface area contributed by atoms with Gasteiger partial charge in [0.25, 0.3) is 0 Å². The number of hydrazone groups is 1. The lowest BCUT2D eigenvalue weighted by atomic mass is 9.88. The molecule has 1 aliphatic carbocycles. The topological polar surface area (TPSA) is 27.4 Å². The molecule has 0 bridgehead atoms. The molecule has 0 saturated carbocycles. The van der Waals surface area contributed by atoms with Crippen molar-refractivity contribution in [3.05, 3.63) is 147 Å². The predicted octanol–water partition coefficient (Wildman–Crippen LogP) is 7.68. The van der Waals surface area contributed by atoms with Gasteiger partial charge < -0.3 is 0 Å². The van der Waals surface area contributed by atoms with Crippen LogP contribution in [0.2, 0.25) is 0 Å². The third-order valence-electron chi connectivity index (χ3n) is 8.58. The summed E-state index contributed by atoms with van der Waals surface area (Å²) >= 11 is 0. The summed E-state index contributed by atoms with van der Waals surface area (Å²) in [5, 5.41) is 4.81. The van der Waals surface area contributed by atoms with Gasteiger partial charge in [0.2, 0.25) is 5.70 Å². The maximum absolute atomic E-state index is 4.81. The number of aryl methyl sites for hydroxylation is 2. The fourth-order valence-corrected chi connectivity index (χ4v) is 6.62. The van der Waals surface area contributed by atoms with Gasteiger partial charge in [-0.05, 0) is 66.6 Å². The van der Waals surface area contributed by atoms with Crippen LogP contribution in [0.5, 0.6) is 0 Å². The lowest BCUT2D eigenvalue weighted by molar-refractivity contribution is -0.476. The number of hydrogen-bond acceptors (Lipinski definition) is 2. The van der Waals surface area contributed by atoms with Gasteiger partial charge in [0, 0.05) is 24.0 Å². The van der Waals surface area contributed by atoms with E-state index in [0.29, 0.717) is 0 Å². The minimum absolute atomic E-state index is 0.946. The Balaban J connectivity index is 1.46. The van der Waals surface area contributed by atoms with Crippen molar-refractivity contribution in [3.8, 4) is 11.1 Å². The molecule has 0 aromatic heterocycles. The zero-order valence-electron chi connectivity index (χ0n) is 23.5. The Morgan fingerprint density at radius 3 is 1.93 bits per heavy atom. The molecule has 0 amide bonds. The van der Waals surface area contributed by atoms with Crippen LogP contribution in [0.4, 0.5) is 0 Å². The Bertz CT molecular complexity index is 1730. The van der Waals surface area contributed by atoms with Crippen molar-refractivity contribution in [1.82, 2.24) is 5.43 Å². The quantitative estimate of drug-likeness (QED) is 0.242. The highest BCUT2D eigenvalue weighted by Gasteiger charge is 2.38. The molecule has 4 aromatic carbocycles. The summed E-state index contributed by atoms with van der Waals surface area (Å²) < 4.78 is 2.60. The monoisotopic (exact) mass is 520 g/mol. The molecule has 0 spiro atoms. The van der Waals surface area contributed by atoms with E-state index >= 15 is 0 Å². The van der Waals surface area contributed by atoms with Crippen LogP contribution in [-0.2, 0) is 12.8 Å². The van der Waals surface area contributed by atoms with E-state index in [9.17, 15) is 0 Å². The Kier molecular flexibility index (Phi) is 6.08. The molecule has 0 radical (unpaired) electrons. The maximum atomic E-state index is 4.81. The van der Waals surface area contributed by atoms with E-state index in [1.807, 2.05) is 0 Å². The molecule has 0 atom stereocenters. The van der Waals surface area contributed by atoms with Crippen molar-refractivity contribution in [2.24, 2.45) is 5.10 Å². The van der Waals surface area contributed by atoms with Gasteiger partial charge in [-0.3, -0.25) is 5.43 Å². The SMILES string of the molecule is CC1=NNC(C)=C([N+]2=C(CCc3ccc(C)cc3)c3ccccc3CC2)C1=C1c2ccccc2-c2ccccc21. The summed E-state index contributed by atoms with van der Waals surface area (Å²) in [5.41, 5.74) is 21.4. The Morgan fingerprint density at radius 2 is 1.25 bits per heavy atom. The van der Waals surface area contributed by atoms with E-state index in [1.165, 1.54) is 67.1 Å². The van der Waals surface area contributed by atoms with E-state index in [1.54, 1.807) is 0 Å². The number of rotatable bonds is 4. The lowest BCUT2D eigenvalue weighted by Gasteiger charge is -2.25. The summed E-state index contributed by atoms with van der Waals surface area (Å²) in [5.74, 6) is 0. The number of fused-ring (bicyclic) bond motifs is 4. The second-order valence-corrected chi connectivity index (χ2v) is 11.1. The third-order valence-corrected chi connectivity index (χ3v) is 8.58. The largest absolute Gasteiger partial charge is 0.276 e. The molecular formula is C37H34N3+. The van der Waals surface area contributed by atoms with Crippen molar-refractivity contribution in [1.29, 1.82) is 0 Å². The number of nitrogens with zero attached hydrogens (tertiary/aromatic N) is 2. The molecule has 2 heterocycles. The van der Waals surface area contributed by atoms with E-state index in [2.05, 4.69) is 128 Å². The third kappa shape index (κ3) is 4.05. The van der Waals surface area contributed by atoms with Gasteiger partial charge in [-0.2, -0.15) is 9.68 Å². The lowest BCUT2D eigenvalue weighted by Crippen LogP contribution is -2.35. The van der Waals surface area contributed by atoms with E-state index in [-0.39, 0.29) is 0 Å². The molecule has 40 heavy (non-hydrogen) atoms. The maximum Gasteiger partial charge on any atom is 0.236 e. The fraction of sp³-hybridized carbons (Fsp3) is 0.189. The van der Waals surface area contributed by atoms with E-state index in [0.717, 1.165) is 37.2 Å². The van der Waals surface area contributed by atoms with Gasteiger partial charge in [0.1, 0.15) is 5.70 Å². The van der Waals surface area contributed by atoms with Crippen LogP contribution in [-0.4, -0.2) is 22.5 Å². The van der Waals surface area contributed by atoms with Crippen molar-refractivity contribution < 1.29 is 4.58 Å². The second-order valence-electron chi connectivity index (χ2n) is 11.1. The standard InChI is InChI=1S/C37H34N3/c1-24-16-18-27(19-17-24)20-21-34-29-11-5-4-10-28(29)22-23-40(34)37-26(3)39-38-25(2)35(37)36-32-14-8-6-12-30(32)31-13-7-9-15-33(31)36/h4-19,39H,20-23H2,1-3H3/q+1. The van der Waals surface area contributed by atoms with Gasteiger partial charge in [-0.1, -0.05) is 96.6 Å². The van der Waals surface area contributed by atoms with Crippen LogP contribution < -0.4 is 5.43 Å². The number of allylic oxidation sites excluding steroid dienone is 2. The molecule has 1 N–H and O–H groups in total. The average molecular weight is 521 g/mol. The van der Waals surface area contributed by atoms with Gasteiger partial charge in [-0.25, -0.2) is 0 Å². The number of nitrogens with one attached hydrogen (secondary N) is 1. The summed E-state index contributed by atoms with van der Waals surface area (Å²) in [4.78, 5) is 0. The van der Waals surface area contributed by atoms with Crippen LogP contribution >= 0.6 is 0 Å². The van der Waals surface area contributed by atoms with Crippen LogP contribution in [0.3, 0.4) is 0 Å². The van der Waals surface area contributed by atoms with Crippen LogP contribution in [0, 0.1) is 6.92 Å². The molecule has 0 fully saturated rings. The second kappa shape index (κ2) is 9.91. The Morgan fingerprint density at radius 1 is 0.650 bits per heavy atom. The van der Waals surface area contributed by atoms with E-state index in [4.69, 9.17) is 5.10 Å². The average Bonchev–Trinajstić information content (AvgIpc) is 3.32. The smallest absolute Gasteiger partial charge is 0.236 e. The van der Waals surface area contributed by atoms with Crippen molar-refractivity contribution >= 4 is 17.0 Å². The highest BCUT2D eigenvalue weighted by molar-refractivity contribution is 6.16. The molecule has 3 nitrogen and oxygen atoms in total. The molecular weight excluding hydrogens is 486 g/mol. The fourth-order valence-electron chi connectivity index (χ4n) is 6.62. The van der Waals surface area contributed by atoms with Crippen LogP contribution in [0.15, 0.2) is 119 Å². The Labute approximate surface area is 236 Å². The van der Waals surface area contributed by atoms with Crippen molar-refractivity contribution in [2.45, 2.75) is 40.0 Å².